The lowest BCUT2D eigenvalue weighted by molar-refractivity contribution is -0.0436. The van der Waals surface area contributed by atoms with E-state index in [1.54, 1.807) is 0 Å². The molecule has 0 aromatic rings. The topological polar surface area (TPSA) is 43.5 Å². The van der Waals surface area contributed by atoms with Crippen LogP contribution in [-0.2, 0) is 18.9 Å². The third-order valence-electron chi connectivity index (χ3n) is 5.58. The Balaban J connectivity index is 0.000000448. The second kappa shape index (κ2) is 8.28. The summed E-state index contributed by atoms with van der Waals surface area (Å²) in [5, 5.41) is 0. The van der Waals surface area contributed by atoms with Crippen molar-refractivity contribution in [3.8, 4) is 0 Å². The molecule has 0 amide bonds. The van der Waals surface area contributed by atoms with Crippen molar-refractivity contribution in [3.63, 3.8) is 0 Å². The molecule has 2 saturated heterocycles. The van der Waals surface area contributed by atoms with Gasteiger partial charge in [-0.1, -0.05) is 41.5 Å². The minimum absolute atomic E-state index is 0.351. The van der Waals surface area contributed by atoms with Crippen molar-refractivity contribution in [3.05, 3.63) is 0 Å². The summed E-state index contributed by atoms with van der Waals surface area (Å²) in [6, 6.07) is 0. The van der Waals surface area contributed by atoms with E-state index in [2.05, 4.69) is 13.8 Å². The molecule has 2 bridgehead atoms. The predicted molar refractivity (Wildman–Crippen MR) is 91.7 cm³/mol. The van der Waals surface area contributed by atoms with Crippen LogP contribution in [0.2, 0.25) is 0 Å². The molecule has 136 valence electrons. The van der Waals surface area contributed by atoms with Gasteiger partial charge in [0, 0.05) is 0 Å². The van der Waals surface area contributed by atoms with Crippen LogP contribution in [0.4, 0.5) is 0 Å². The van der Waals surface area contributed by atoms with E-state index in [-0.39, 0.29) is 0 Å². The second-order valence-electron chi connectivity index (χ2n) is 7.16. The molecule has 4 fully saturated rings. The molecule has 4 heteroatoms. The van der Waals surface area contributed by atoms with Gasteiger partial charge in [0.05, 0.1) is 38.6 Å². The van der Waals surface area contributed by atoms with Crippen molar-refractivity contribution in [1.82, 2.24) is 0 Å². The monoisotopic (exact) mass is 328 g/mol. The highest BCUT2D eigenvalue weighted by Crippen LogP contribution is 2.59. The summed E-state index contributed by atoms with van der Waals surface area (Å²) in [4.78, 5) is 0. The molecule has 2 aliphatic heterocycles. The largest absolute Gasteiger partial charge is 0.375 e. The first-order chi connectivity index (χ1) is 11.1. The van der Waals surface area contributed by atoms with Crippen molar-refractivity contribution in [1.29, 1.82) is 0 Å². The van der Waals surface area contributed by atoms with E-state index in [1.807, 2.05) is 27.7 Å². The van der Waals surface area contributed by atoms with Crippen LogP contribution in [-0.4, -0.2) is 50.8 Å². The van der Waals surface area contributed by atoms with Crippen LogP contribution < -0.4 is 0 Å². The molecule has 0 spiro atoms. The normalized spacial score (nSPS) is 41.5. The first-order valence-corrected chi connectivity index (χ1v) is 9.61. The zero-order valence-corrected chi connectivity index (χ0v) is 15.8. The lowest BCUT2D eigenvalue weighted by Gasteiger charge is -2.27. The quantitative estimate of drug-likeness (QED) is 0.698. The van der Waals surface area contributed by atoms with Crippen molar-refractivity contribution in [2.75, 3.05) is 26.4 Å². The van der Waals surface area contributed by atoms with E-state index in [9.17, 15) is 0 Å². The van der Waals surface area contributed by atoms with Crippen LogP contribution >= 0.6 is 0 Å². The first kappa shape index (κ1) is 19.2. The zero-order valence-electron chi connectivity index (χ0n) is 15.8. The van der Waals surface area contributed by atoms with Crippen LogP contribution in [0, 0.1) is 17.3 Å². The molecule has 6 atom stereocenters. The molecule has 4 nitrogen and oxygen atoms in total. The van der Waals surface area contributed by atoms with Gasteiger partial charge in [-0.2, -0.15) is 0 Å². The Hall–Kier alpha value is -0.160. The number of rotatable bonds is 6. The highest BCUT2D eigenvalue weighted by atomic mass is 16.6. The van der Waals surface area contributed by atoms with Gasteiger partial charge in [-0.05, 0) is 30.1 Å². The predicted octanol–water partition coefficient (Wildman–Crippen LogP) is 3.67. The van der Waals surface area contributed by atoms with Gasteiger partial charge in [0.2, 0.25) is 0 Å². The molecule has 0 aromatic carbocycles. The molecule has 0 radical (unpaired) electrons. The molecule has 2 aliphatic carbocycles. The van der Waals surface area contributed by atoms with E-state index in [1.165, 1.54) is 0 Å². The summed E-state index contributed by atoms with van der Waals surface area (Å²) in [5.41, 5.74) is 0.351. The van der Waals surface area contributed by atoms with E-state index in [0.29, 0.717) is 41.7 Å². The van der Waals surface area contributed by atoms with Gasteiger partial charge in [-0.15, -0.1) is 0 Å². The van der Waals surface area contributed by atoms with Gasteiger partial charge in [0.1, 0.15) is 12.2 Å². The fraction of sp³-hybridized carbons (Fsp3) is 1.00. The summed E-state index contributed by atoms with van der Waals surface area (Å²) in [6.45, 7) is 16.1. The first-order valence-electron chi connectivity index (χ1n) is 9.61. The van der Waals surface area contributed by atoms with Gasteiger partial charge in [-0.25, -0.2) is 0 Å². The molecule has 5 unspecified atom stereocenters. The summed E-state index contributed by atoms with van der Waals surface area (Å²) in [5.74, 6) is 1.28. The van der Waals surface area contributed by atoms with Crippen LogP contribution in [0.25, 0.3) is 0 Å². The summed E-state index contributed by atoms with van der Waals surface area (Å²) < 4.78 is 22.6. The zero-order chi connectivity index (χ0) is 17.0. The van der Waals surface area contributed by atoms with Crippen molar-refractivity contribution < 1.29 is 18.9 Å². The fourth-order valence-electron chi connectivity index (χ4n) is 4.13. The van der Waals surface area contributed by atoms with Crippen LogP contribution in [0.1, 0.15) is 54.4 Å². The van der Waals surface area contributed by atoms with Gasteiger partial charge >= 0.3 is 0 Å². The number of hydrogen-bond acceptors (Lipinski definition) is 4. The smallest absolute Gasteiger partial charge is 0.104 e. The molecular formula is C19H36O4. The Labute approximate surface area is 142 Å². The lowest BCUT2D eigenvalue weighted by Crippen LogP contribution is -2.31. The van der Waals surface area contributed by atoms with Crippen molar-refractivity contribution in [2.24, 2.45) is 17.3 Å². The Kier molecular flexibility index (Phi) is 6.90. The highest BCUT2D eigenvalue weighted by Gasteiger charge is 2.59. The number of fused-ring (bicyclic) bond motifs is 2. The lowest BCUT2D eigenvalue weighted by atomic mass is 9.81. The van der Waals surface area contributed by atoms with Gasteiger partial charge < -0.3 is 18.9 Å². The fourth-order valence-corrected chi connectivity index (χ4v) is 4.13. The molecule has 0 N–H and O–H groups in total. The molecular weight excluding hydrogens is 292 g/mol. The van der Waals surface area contributed by atoms with Crippen LogP contribution in [0.15, 0.2) is 0 Å². The summed E-state index contributed by atoms with van der Waals surface area (Å²) >= 11 is 0. The third kappa shape index (κ3) is 4.47. The van der Waals surface area contributed by atoms with E-state index < -0.39 is 0 Å². The van der Waals surface area contributed by atoms with Crippen molar-refractivity contribution >= 4 is 0 Å². The maximum atomic E-state index is 6.08. The van der Waals surface area contributed by atoms with Crippen LogP contribution in [0.3, 0.4) is 0 Å². The summed E-state index contributed by atoms with van der Waals surface area (Å²) in [6.07, 6.45) is 3.89. The second-order valence-corrected chi connectivity index (χ2v) is 7.16. The maximum absolute atomic E-state index is 6.08. The minimum atomic E-state index is 0.351. The number of ether oxygens (including phenoxy) is 4. The number of hydrogen-bond donors (Lipinski definition) is 0. The van der Waals surface area contributed by atoms with E-state index in [0.717, 1.165) is 39.3 Å². The van der Waals surface area contributed by atoms with E-state index in [4.69, 9.17) is 18.9 Å². The average Bonchev–Trinajstić information content (AvgIpc) is 3.49. The summed E-state index contributed by atoms with van der Waals surface area (Å²) in [7, 11) is 0. The standard InChI is InChI=1S/C15H24O4.2C2H6/c1-15(2)11-3-13(18-7-9-5-16-9)12(15)4-14(11)19-8-10-6-17-10;2*1-2/h9-14H,3-8H2,1-2H3;2*1-2H3/t9?,10?,11?,12?,13-,14?;;/m1../s1. The van der Waals surface area contributed by atoms with Crippen LogP contribution in [0.5, 0.6) is 0 Å². The SMILES string of the molecule is CC.CC.CC1(C)C2C[C@@H](OCC3CO3)C1CC2OCC1CO1. The number of epoxide rings is 2. The Bertz CT molecular complexity index is 317. The van der Waals surface area contributed by atoms with E-state index >= 15 is 0 Å². The Morgan fingerprint density at radius 3 is 1.39 bits per heavy atom. The van der Waals surface area contributed by atoms with Crippen molar-refractivity contribution in [2.45, 2.75) is 78.8 Å². The molecule has 2 saturated carbocycles. The maximum Gasteiger partial charge on any atom is 0.104 e. The molecule has 23 heavy (non-hydrogen) atoms. The molecule has 0 aromatic heterocycles. The minimum Gasteiger partial charge on any atom is -0.375 e. The Morgan fingerprint density at radius 2 is 1.13 bits per heavy atom. The molecule has 4 rings (SSSR count). The average molecular weight is 328 g/mol. The molecule has 4 aliphatic rings. The Morgan fingerprint density at radius 1 is 0.783 bits per heavy atom. The third-order valence-corrected chi connectivity index (χ3v) is 5.58. The van der Waals surface area contributed by atoms with Gasteiger partial charge in [0.15, 0.2) is 0 Å². The van der Waals surface area contributed by atoms with Gasteiger partial charge in [-0.3, -0.25) is 0 Å². The highest BCUT2D eigenvalue weighted by molar-refractivity contribution is 5.08. The van der Waals surface area contributed by atoms with Gasteiger partial charge in [0.25, 0.3) is 0 Å². The molecule has 2 heterocycles.